The number of nitrogens with zero attached hydrogens (tertiary/aromatic N) is 4. The fourth-order valence-electron chi connectivity index (χ4n) is 4.22. The molecule has 1 saturated heterocycles. The minimum absolute atomic E-state index is 0.122. The van der Waals surface area contributed by atoms with Crippen molar-refractivity contribution < 1.29 is 0 Å². The Labute approximate surface area is 193 Å². The predicted octanol–water partition coefficient (Wildman–Crippen LogP) is 4.77. The van der Waals surface area contributed by atoms with Crippen molar-refractivity contribution in [3.63, 3.8) is 0 Å². The molecule has 0 radical (unpaired) electrons. The van der Waals surface area contributed by atoms with Crippen LogP contribution in [-0.2, 0) is 6.42 Å². The average molecular weight is 442 g/mol. The van der Waals surface area contributed by atoms with Crippen LogP contribution in [0.25, 0.3) is 0 Å². The summed E-state index contributed by atoms with van der Waals surface area (Å²) in [6, 6.07) is 25.8. The van der Waals surface area contributed by atoms with Gasteiger partial charge < -0.3 is 10.6 Å². The lowest BCUT2D eigenvalue weighted by Gasteiger charge is -2.43. The van der Waals surface area contributed by atoms with Gasteiger partial charge in [-0.15, -0.1) is 0 Å². The van der Waals surface area contributed by atoms with Gasteiger partial charge in [0.1, 0.15) is 0 Å². The van der Waals surface area contributed by atoms with Gasteiger partial charge >= 0.3 is 0 Å². The predicted molar refractivity (Wildman–Crippen MR) is 128 cm³/mol. The van der Waals surface area contributed by atoms with Gasteiger partial charge in [-0.1, -0.05) is 35.9 Å². The molecule has 32 heavy (non-hydrogen) atoms. The van der Waals surface area contributed by atoms with Gasteiger partial charge in [0, 0.05) is 31.2 Å². The summed E-state index contributed by atoms with van der Waals surface area (Å²) in [5.74, 6) is 0. The molecular weight excluding hydrogens is 418 g/mol. The Morgan fingerprint density at radius 3 is 2.25 bits per heavy atom. The highest BCUT2D eigenvalue weighted by Gasteiger charge is 2.29. The zero-order valence-corrected chi connectivity index (χ0v) is 18.5. The van der Waals surface area contributed by atoms with Crippen LogP contribution >= 0.6 is 11.6 Å². The zero-order chi connectivity index (χ0) is 22.5. The summed E-state index contributed by atoms with van der Waals surface area (Å²) in [6.45, 7) is 3.54. The van der Waals surface area contributed by atoms with Gasteiger partial charge in [-0.25, -0.2) is 0 Å². The molecule has 1 fully saturated rings. The molecule has 0 saturated carbocycles. The third kappa shape index (κ3) is 4.86. The molecule has 5 nitrogen and oxygen atoms in total. The van der Waals surface area contributed by atoms with E-state index in [1.807, 2.05) is 48.5 Å². The maximum absolute atomic E-state index is 9.18. The standard InChI is InChI=1S/C26H24ClN5/c27-23-8-6-22(7-9-23)26-18-31(12-11-19-1-3-20(16-28)4-2-19)13-14-32(26)25-10-5-21(17-29)15-24(25)30/h1-10,15,26H,11-14,18,30H2/t26-/m0/s1. The van der Waals surface area contributed by atoms with Crippen LogP contribution in [0.3, 0.4) is 0 Å². The molecule has 0 amide bonds. The van der Waals surface area contributed by atoms with E-state index in [2.05, 4.69) is 34.1 Å². The Hall–Kier alpha value is -3.51. The van der Waals surface area contributed by atoms with E-state index < -0.39 is 0 Å². The van der Waals surface area contributed by atoms with Crippen LogP contribution in [-0.4, -0.2) is 31.1 Å². The van der Waals surface area contributed by atoms with E-state index >= 15 is 0 Å². The first-order valence-electron chi connectivity index (χ1n) is 10.6. The maximum Gasteiger partial charge on any atom is 0.0992 e. The van der Waals surface area contributed by atoms with Crippen molar-refractivity contribution >= 4 is 23.0 Å². The third-order valence-electron chi connectivity index (χ3n) is 5.99. The second kappa shape index (κ2) is 9.75. The molecule has 0 bridgehead atoms. The van der Waals surface area contributed by atoms with Crippen molar-refractivity contribution in [2.24, 2.45) is 0 Å². The Kier molecular flexibility index (Phi) is 6.61. The first-order chi connectivity index (χ1) is 15.6. The zero-order valence-electron chi connectivity index (χ0n) is 17.7. The fraction of sp³-hybridized carbons (Fsp3) is 0.231. The number of hydrogen-bond donors (Lipinski definition) is 1. The summed E-state index contributed by atoms with van der Waals surface area (Å²) in [5.41, 5.74) is 11.6. The molecule has 0 spiro atoms. The number of nitriles is 2. The topological polar surface area (TPSA) is 80.1 Å². The van der Waals surface area contributed by atoms with Gasteiger partial charge in [0.2, 0.25) is 0 Å². The maximum atomic E-state index is 9.18. The first-order valence-corrected chi connectivity index (χ1v) is 11.0. The summed E-state index contributed by atoms with van der Waals surface area (Å²) in [6.07, 6.45) is 0.929. The lowest BCUT2D eigenvalue weighted by Crippen LogP contribution is -2.49. The molecule has 1 aliphatic rings. The van der Waals surface area contributed by atoms with Crippen LogP contribution in [0.2, 0.25) is 5.02 Å². The van der Waals surface area contributed by atoms with Gasteiger partial charge in [-0.2, -0.15) is 10.5 Å². The van der Waals surface area contributed by atoms with Crippen LogP contribution in [0.15, 0.2) is 66.7 Å². The van der Waals surface area contributed by atoms with E-state index in [1.165, 1.54) is 11.1 Å². The molecule has 4 rings (SSSR count). The molecule has 0 aliphatic carbocycles. The normalized spacial score (nSPS) is 16.3. The third-order valence-corrected chi connectivity index (χ3v) is 6.24. The van der Waals surface area contributed by atoms with Gasteiger partial charge in [-0.3, -0.25) is 4.90 Å². The average Bonchev–Trinajstić information content (AvgIpc) is 2.83. The molecule has 3 aromatic carbocycles. The Morgan fingerprint density at radius 2 is 1.59 bits per heavy atom. The monoisotopic (exact) mass is 441 g/mol. The molecule has 1 atom stereocenters. The SMILES string of the molecule is N#Cc1ccc(CCN2CCN(c3ccc(C#N)cc3N)[C@H](c3ccc(Cl)cc3)C2)cc1. The lowest BCUT2D eigenvalue weighted by atomic mass is 10.00. The molecule has 0 unspecified atom stereocenters. The van der Waals surface area contributed by atoms with Crippen LogP contribution in [0, 0.1) is 22.7 Å². The number of nitrogen functional groups attached to an aromatic ring is 1. The van der Waals surface area contributed by atoms with E-state index in [0.29, 0.717) is 21.8 Å². The molecule has 1 heterocycles. The highest BCUT2D eigenvalue weighted by atomic mass is 35.5. The minimum atomic E-state index is 0.122. The van der Waals surface area contributed by atoms with Crippen molar-refractivity contribution in [1.29, 1.82) is 10.5 Å². The number of halogens is 1. The van der Waals surface area contributed by atoms with E-state index in [4.69, 9.17) is 22.6 Å². The van der Waals surface area contributed by atoms with Gasteiger partial charge in [0.15, 0.2) is 0 Å². The van der Waals surface area contributed by atoms with E-state index in [0.717, 1.165) is 38.3 Å². The number of hydrogen-bond acceptors (Lipinski definition) is 5. The number of nitrogens with two attached hydrogens (primary N) is 1. The van der Waals surface area contributed by atoms with Crippen LogP contribution in [0.4, 0.5) is 11.4 Å². The number of anilines is 2. The highest BCUT2D eigenvalue weighted by molar-refractivity contribution is 6.30. The molecule has 0 aromatic heterocycles. The highest BCUT2D eigenvalue weighted by Crippen LogP contribution is 2.35. The Morgan fingerprint density at radius 1 is 0.906 bits per heavy atom. The second-order valence-corrected chi connectivity index (χ2v) is 8.44. The lowest BCUT2D eigenvalue weighted by molar-refractivity contribution is 0.226. The van der Waals surface area contributed by atoms with Crippen LogP contribution in [0.1, 0.15) is 28.3 Å². The van der Waals surface area contributed by atoms with Gasteiger partial charge in [-0.05, 0) is 60.0 Å². The molecular formula is C26H24ClN5. The second-order valence-electron chi connectivity index (χ2n) is 8.01. The van der Waals surface area contributed by atoms with Crippen molar-refractivity contribution in [3.05, 3.63) is 94.0 Å². The summed E-state index contributed by atoms with van der Waals surface area (Å²) in [4.78, 5) is 4.80. The van der Waals surface area contributed by atoms with Gasteiger partial charge in [0.05, 0.1) is 40.7 Å². The van der Waals surface area contributed by atoms with Gasteiger partial charge in [0.25, 0.3) is 0 Å². The van der Waals surface area contributed by atoms with E-state index in [9.17, 15) is 5.26 Å². The van der Waals surface area contributed by atoms with Crippen molar-refractivity contribution in [1.82, 2.24) is 4.90 Å². The molecule has 1 aliphatic heterocycles. The molecule has 6 heteroatoms. The summed E-state index contributed by atoms with van der Waals surface area (Å²) >= 11 is 6.14. The quantitative estimate of drug-likeness (QED) is 0.577. The van der Waals surface area contributed by atoms with E-state index in [-0.39, 0.29) is 6.04 Å². The molecule has 2 N–H and O–H groups in total. The number of benzene rings is 3. The van der Waals surface area contributed by atoms with Crippen molar-refractivity contribution in [2.75, 3.05) is 36.8 Å². The first kappa shape index (κ1) is 21.7. The van der Waals surface area contributed by atoms with Crippen LogP contribution in [0.5, 0.6) is 0 Å². The molecule has 3 aromatic rings. The van der Waals surface area contributed by atoms with Crippen LogP contribution < -0.4 is 10.6 Å². The minimum Gasteiger partial charge on any atom is -0.397 e. The number of piperazine rings is 1. The van der Waals surface area contributed by atoms with Crippen molar-refractivity contribution in [3.8, 4) is 12.1 Å². The largest absolute Gasteiger partial charge is 0.397 e. The summed E-state index contributed by atoms with van der Waals surface area (Å²) in [5, 5.41) is 18.9. The summed E-state index contributed by atoms with van der Waals surface area (Å²) < 4.78 is 0. The number of rotatable bonds is 5. The van der Waals surface area contributed by atoms with E-state index in [1.54, 1.807) is 6.07 Å². The Balaban J connectivity index is 1.54. The smallest absolute Gasteiger partial charge is 0.0992 e. The fourth-order valence-corrected chi connectivity index (χ4v) is 4.35. The molecule has 160 valence electrons. The van der Waals surface area contributed by atoms with Crippen molar-refractivity contribution in [2.45, 2.75) is 12.5 Å². The summed E-state index contributed by atoms with van der Waals surface area (Å²) in [7, 11) is 0. The Bertz CT molecular complexity index is 1160.